The summed E-state index contributed by atoms with van der Waals surface area (Å²) in [6, 6.07) is 4.56. The molecule has 4 heteroatoms. The molecule has 1 saturated heterocycles. The van der Waals surface area contributed by atoms with E-state index in [9.17, 15) is 4.39 Å². The highest BCUT2D eigenvalue weighted by atomic mass is 19.1. The first kappa shape index (κ1) is 12.2. The molecule has 0 radical (unpaired) electrons. The first-order chi connectivity index (χ1) is 8.25. The summed E-state index contributed by atoms with van der Waals surface area (Å²) in [7, 11) is 0. The summed E-state index contributed by atoms with van der Waals surface area (Å²) in [6.07, 6.45) is 3.19. The number of nitrogens with two attached hydrogens (primary N) is 1. The highest BCUT2D eigenvalue weighted by Gasteiger charge is 2.13. The maximum absolute atomic E-state index is 13.1. The van der Waals surface area contributed by atoms with Gasteiger partial charge in [-0.3, -0.25) is 0 Å². The van der Waals surface area contributed by atoms with Gasteiger partial charge in [-0.2, -0.15) is 0 Å². The van der Waals surface area contributed by atoms with Crippen molar-refractivity contribution in [1.29, 1.82) is 0 Å². The molecule has 0 amide bonds. The predicted molar refractivity (Wildman–Crippen MR) is 64.5 cm³/mol. The van der Waals surface area contributed by atoms with Gasteiger partial charge in [-0.15, -0.1) is 0 Å². The van der Waals surface area contributed by atoms with Crippen LogP contribution in [0.5, 0.6) is 5.75 Å². The molecule has 1 heterocycles. The second-order valence-corrected chi connectivity index (χ2v) is 4.38. The van der Waals surface area contributed by atoms with Crippen LogP contribution in [-0.4, -0.2) is 19.8 Å². The molecule has 94 valence electrons. The fourth-order valence-corrected chi connectivity index (χ4v) is 1.98. The van der Waals surface area contributed by atoms with Crippen LogP contribution in [0.1, 0.15) is 19.3 Å². The zero-order valence-corrected chi connectivity index (χ0v) is 9.82. The lowest BCUT2D eigenvalue weighted by molar-refractivity contribution is 0.0593. The molecule has 2 rings (SSSR count). The van der Waals surface area contributed by atoms with Crippen molar-refractivity contribution in [1.82, 2.24) is 0 Å². The SMILES string of the molecule is Nc1ccc(OCCC2CCOCC2)cc1F. The first-order valence-electron chi connectivity index (χ1n) is 6.01. The van der Waals surface area contributed by atoms with E-state index >= 15 is 0 Å². The van der Waals surface area contributed by atoms with Gasteiger partial charge in [0.15, 0.2) is 0 Å². The van der Waals surface area contributed by atoms with Gasteiger partial charge in [-0.05, 0) is 37.3 Å². The highest BCUT2D eigenvalue weighted by molar-refractivity contribution is 5.43. The second kappa shape index (κ2) is 5.87. The Bertz CT molecular complexity index is 364. The van der Waals surface area contributed by atoms with Crippen LogP contribution in [0.25, 0.3) is 0 Å². The lowest BCUT2D eigenvalue weighted by Gasteiger charge is -2.21. The van der Waals surface area contributed by atoms with Crippen molar-refractivity contribution in [3.05, 3.63) is 24.0 Å². The number of hydrogen-bond donors (Lipinski definition) is 1. The van der Waals surface area contributed by atoms with Crippen LogP contribution in [0.2, 0.25) is 0 Å². The molecule has 1 aromatic rings. The van der Waals surface area contributed by atoms with E-state index in [-0.39, 0.29) is 5.69 Å². The van der Waals surface area contributed by atoms with Crippen LogP contribution >= 0.6 is 0 Å². The Balaban J connectivity index is 1.75. The summed E-state index contributed by atoms with van der Waals surface area (Å²) in [4.78, 5) is 0. The van der Waals surface area contributed by atoms with Gasteiger partial charge in [0.25, 0.3) is 0 Å². The van der Waals surface area contributed by atoms with E-state index in [1.54, 1.807) is 6.07 Å². The van der Waals surface area contributed by atoms with Crippen molar-refractivity contribution in [2.75, 3.05) is 25.6 Å². The van der Waals surface area contributed by atoms with Gasteiger partial charge < -0.3 is 15.2 Å². The molecule has 1 fully saturated rings. The molecule has 2 N–H and O–H groups in total. The van der Waals surface area contributed by atoms with Crippen LogP contribution in [0.4, 0.5) is 10.1 Å². The third kappa shape index (κ3) is 3.60. The average Bonchev–Trinajstić information content (AvgIpc) is 2.35. The molecule has 0 saturated carbocycles. The molecule has 0 aromatic heterocycles. The Labute approximate surface area is 101 Å². The van der Waals surface area contributed by atoms with Crippen molar-refractivity contribution < 1.29 is 13.9 Å². The number of nitrogen functional groups attached to an aromatic ring is 1. The van der Waals surface area contributed by atoms with Crippen molar-refractivity contribution in [2.45, 2.75) is 19.3 Å². The minimum atomic E-state index is -0.423. The van der Waals surface area contributed by atoms with Crippen molar-refractivity contribution >= 4 is 5.69 Å². The van der Waals surface area contributed by atoms with Gasteiger partial charge in [-0.1, -0.05) is 0 Å². The van der Waals surface area contributed by atoms with E-state index in [0.717, 1.165) is 32.5 Å². The third-order valence-electron chi connectivity index (χ3n) is 3.11. The van der Waals surface area contributed by atoms with Crippen LogP contribution in [-0.2, 0) is 4.74 Å². The van der Waals surface area contributed by atoms with E-state index in [1.165, 1.54) is 12.1 Å². The molecule has 0 bridgehead atoms. The van der Waals surface area contributed by atoms with Gasteiger partial charge in [-0.25, -0.2) is 4.39 Å². The molecule has 1 aliphatic rings. The van der Waals surface area contributed by atoms with E-state index in [4.69, 9.17) is 15.2 Å². The summed E-state index contributed by atoms with van der Waals surface area (Å²) in [5.74, 6) is 0.791. The van der Waals surface area contributed by atoms with E-state index < -0.39 is 5.82 Å². The van der Waals surface area contributed by atoms with Crippen molar-refractivity contribution in [3.63, 3.8) is 0 Å². The minimum Gasteiger partial charge on any atom is -0.493 e. The van der Waals surface area contributed by atoms with Gasteiger partial charge in [0.05, 0.1) is 12.3 Å². The summed E-state index contributed by atoms with van der Waals surface area (Å²) in [6.45, 7) is 2.32. The summed E-state index contributed by atoms with van der Waals surface area (Å²) in [5.41, 5.74) is 5.54. The van der Waals surface area contributed by atoms with Crippen LogP contribution < -0.4 is 10.5 Å². The highest BCUT2D eigenvalue weighted by Crippen LogP contribution is 2.21. The Morgan fingerprint density at radius 3 is 2.82 bits per heavy atom. The van der Waals surface area contributed by atoms with Crippen LogP contribution in [0.3, 0.4) is 0 Å². The van der Waals surface area contributed by atoms with Gasteiger partial charge in [0.2, 0.25) is 0 Å². The smallest absolute Gasteiger partial charge is 0.149 e. The summed E-state index contributed by atoms with van der Waals surface area (Å²) < 4.78 is 23.9. The third-order valence-corrected chi connectivity index (χ3v) is 3.11. The minimum absolute atomic E-state index is 0.154. The van der Waals surface area contributed by atoms with Gasteiger partial charge >= 0.3 is 0 Å². The standard InChI is InChI=1S/C13H18FNO2/c14-12-9-11(1-2-13(12)15)17-8-5-10-3-6-16-7-4-10/h1-2,9-10H,3-8,15H2. The molecular weight excluding hydrogens is 221 g/mol. The normalized spacial score (nSPS) is 17.0. The Hall–Kier alpha value is -1.29. The topological polar surface area (TPSA) is 44.5 Å². The quantitative estimate of drug-likeness (QED) is 0.821. The first-order valence-corrected chi connectivity index (χ1v) is 6.01. The number of rotatable bonds is 4. The van der Waals surface area contributed by atoms with E-state index in [0.29, 0.717) is 18.3 Å². The fourth-order valence-electron chi connectivity index (χ4n) is 1.98. The monoisotopic (exact) mass is 239 g/mol. The zero-order chi connectivity index (χ0) is 12.1. The van der Waals surface area contributed by atoms with E-state index in [1.807, 2.05) is 0 Å². The number of anilines is 1. The maximum Gasteiger partial charge on any atom is 0.149 e. The molecule has 0 aliphatic carbocycles. The summed E-state index contributed by atoms with van der Waals surface area (Å²) >= 11 is 0. The maximum atomic E-state index is 13.1. The lowest BCUT2D eigenvalue weighted by Crippen LogP contribution is -2.17. The Kier molecular flexibility index (Phi) is 4.20. The number of benzene rings is 1. The van der Waals surface area contributed by atoms with Crippen LogP contribution in [0.15, 0.2) is 18.2 Å². The van der Waals surface area contributed by atoms with Gasteiger partial charge in [0, 0.05) is 19.3 Å². The number of ether oxygens (including phenoxy) is 2. The Morgan fingerprint density at radius 2 is 2.12 bits per heavy atom. The molecule has 17 heavy (non-hydrogen) atoms. The Morgan fingerprint density at radius 1 is 1.35 bits per heavy atom. The molecular formula is C13H18FNO2. The molecule has 1 aliphatic heterocycles. The van der Waals surface area contributed by atoms with Crippen LogP contribution in [0, 0.1) is 11.7 Å². The zero-order valence-electron chi connectivity index (χ0n) is 9.82. The largest absolute Gasteiger partial charge is 0.493 e. The molecule has 1 aromatic carbocycles. The molecule has 0 spiro atoms. The number of halogens is 1. The number of hydrogen-bond acceptors (Lipinski definition) is 3. The van der Waals surface area contributed by atoms with Crippen molar-refractivity contribution in [3.8, 4) is 5.75 Å². The lowest BCUT2D eigenvalue weighted by atomic mass is 9.97. The fraction of sp³-hybridized carbons (Fsp3) is 0.538. The summed E-state index contributed by atoms with van der Waals surface area (Å²) in [5, 5.41) is 0. The molecule has 0 unspecified atom stereocenters. The van der Waals surface area contributed by atoms with Gasteiger partial charge in [0.1, 0.15) is 11.6 Å². The average molecular weight is 239 g/mol. The van der Waals surface area contributed by atoms with Crippen molar-refractivity contribution in [2.24, 2.45) is 5.92 Å². The second-order valence-electron chi connectivity index (χ2n) is 4.38. The van der Waals surface area contributed by atoms with E-state index in [2.05, 4.69) is 0 Å². The molecule has 0 atom stereocenters. The molecule has 3 nitrogen and oxygen atoms in total. The predicted octanol–water partition coefficient (Wildman–Crippen LogP) is 2.60.